The number of likely N-dealkylation sites (N-methyl/N-ethyl adjacent to an activating group) is 1. The zero-order valence-electron chi connectivity index (χ0n) is 9.90. The zero-order valence-corrected chi connectivity index (χ0v) is 9.90. The monoisotopic (exact) mass is 244 g/mol. The number of hydrogen-bond donors (Lipinski definition) is 1. The van der Waals surface area contributed by atoms with Crippen molar-refractivity contribution in [3.05, 3.63) is 29.3 Å². The summed E-state index contributed by atoms with van der Waals surface area (Å²) in [4.78, 5) is 11.6. The fraction of sp³-hybridized carbons (Fsp3) is 0.231. The minimum Gasteiger partial charge on any atom is -0.454 e. The predicted octanol–water partition coefficient (Wildman–Crippen LogP) is 1.46. The Labute approximate surface area is 105 Å². The summed E-state index contributed by atoms with van der Waals surface area (Å²) >= 11 is 0. The molecule has 0 saturated heterocycles. The number of carbonyl (C=O) groups is 1. The first kappa shape index (κ1) is 12.0. The van der Waals surface area contributed by atoms with Crippen LogP contribution < -0.4 is 14.8 Å². The lowest BCUT2D eigenvalue weighted by Crippen LogP contribution is -2.23. The highest BCUT2D eigenvalue weighted by atomic mass is 16.7. The first-order chi connectivity index (χ1) is 8.74. The number of carbonyl (C=O) groups excluding carboxylic acids is 1. The minimum atomic E-state index is -0.377. The van der Waals surface area contributed by atoms with Gasteiger partial charge in [-0.25, -0.2) is 0 Å². The number of nitrogens with zero attached hydrogens (tertiary/aromatic N) is 1. The van der Waals surface area contributed by atoms with Gasteiger partial charge in [0.1, 0.15) is 11.6 Å². The normalized spacial score (nSPS) is 13.0. The number of ether oxygens (including phenoxy) is 2. The second kappa shape index (κ2) is 5.23. The quantitative estimate of drug-likeness (QED) is 0.645. The Balaban J connectivity index is 2.26. The summed E-state index contributed by atoms with van der Waals surface area (Å²) in [6.45, 7) is 2.48. The molecule has 0 atom stereocenters. The van der Waals surface area contributed by atoms with Crippen LogP contribution in [0.1, 0.15) is 12.5 Å². The third-order valence-corrected chi connectivity index (χ3v) is 2.41. The van der Waals surface area contributed by atoms with E-state index in [-0.39, 0.29) is 18.3 Å². The Hall–Kier alpha value is -2.48. The average Bonchev–Trinajstić information content (AvgIpc) is 2.83. The van der Waals surface area contributed by atoms with E-state index >= 15 is 0 Å². The maximum Gasteiger partial charge on any atom is 0.261 e. The van der Waals surface area contributed by atoms with E-state index in [9.17, 15) is 4.79 Å². The van der Waals surface area contributed by atoms with Crippen molar-refractivity contribution in [2.75, 3.05) is 13.3 Å². The van der Waals surface area contributed by atoms with Crippen LogP contribution in [0.15, 0.2) is 23.8 Å². The molecule has 0 saturated carbocycles. The van der Waals surface area contributed by atoms with E-state index in [1.54, 1.807) is 25.1 Å². The first-order valence-electron chi connectivity index (χ1n) is 5.54. The van der Waals surface area contributed by atoms with Crippen molar-refractivity contribution in [3.8, 4) is 17.6 Å². The smallest absolute Gasteiger partial charge is 0.261 e. The van der Waals surface area contributed by atoms with Gasteiger partial charge in [0, 0.05) is 6.54 Å². The van der Waals surface area contributed by atoms with Crippen LogP contribution in [0.5, 0.6) is 11.5 Å². The fourth-order valence-electron chi connectivity index (χ4n) is 1.57. The van der Waals surface area contributed by atoms with Crippen LogP contribution in [0.4, 0.5) is 0 Å². The molecule has 0 radical (unpaired) electrons. The van der Waals surface area contributed by atoms with Crippen LogP contribution in [0.3, 0.4) is 0 Å². The van der Waals surface area contributed by atoms with Crippen LogP contribution >= 0.6 is 0 Å². The van der Waals surface area contributed by atoms with Gasteiger partial charge < -0.3 is 14.8 Å². The average molecular weight is 244 g/mol. The fourth-order valence-corrected chi connectivity index (χ4v) is 1.57. The highest BCUT2D eigenvalue weighted by molar-refractivity contribution is 6.01. The van der Waals surface area contributed by atoms with Crippen molar-refractivity contribution in [2.24, 2.45) is 0 Å². The van der Waals surface area contributed by atoms with Gasteiger partial charge in [0.25, 0.3) is 5.91 Å². The van der Waals surface area contributed by atoms with Crippen LogP contribution in [-0.2, 0) is 4.79 Å². The Morgan fingerprint density at radius 2 is 2.28 bits per heavy atom. The Morgan fingerprint density at radius 3 is 3.00 bits per heavy atom. The topological polar surface area (TPSA) is 71.4 Å². The highest BCUT2D eigenvalue weighted by Crippen LogP contribution is 2.33. The standard InChI is InChI=1S/C13H12N2O3/c1-2-15-13(16)10(7-14)5-9-3-4-11-12(6-9)18-8-17-11/h3-6H,2,8H2,1H3,(H,15,16)/b10-5+. The maximum atomic E-state index is 11.6. The van der Waals surface area contributed by atoms with Gasteiger partial charge in [-0.15, -0.1) is 0 Å². The van der Waals surface area contributed by atoms with Gasteiger partial charge in [-0.2, -0.15) is 5.26 Å². The van der Waals surface area contributed by atoms with Crippen LogP contribution in [0.2, 0.25) is 0 Å². The number of rotatable bonds is 3. The predicted molar refractivity (Wildman–Crippen MR) is 64.8 cm³/mol. The van der Waals surface area contributed by atoms with Crippen molar-refractivity contribution in [1.82, 2.24) is 5.32 Å². The molecule has 1 amide bonds. The molecule has 1 aromatic rings. The molecule has 0 aromatic heterocycles. The van der Waals surface area contributed by atoms with Gasteiger partial charge in [0.05, 0.1) is 0 Å². The zero-order chi connectivity index (χ0) is 13.0. The third-order valence-electron chi connectivity index (χ3n) is 2.41. The number of amides is 1. The molecule has 5 nitrogen and oxygen atoms in total. The molecule has 5 heteroatoms. The Bertz CT molecular complexity index is 544. The molecular weight excluding hydrogens is 232 g/mol. The molecule has 1 N–H and O–H groups in total. The molecule has 92 valence electrons. The van der Waals surface area contributed by atoms with E-state index in [0.29, 0.717) is 18.0 Å². The van der Waals surface area contributed by atoms with Gasteiger partial charge in [0.2, 0.25) is 6.79 Å². The molecule has 0 spiro atoms. The highest BCUT2D eigenvalue weighted by Gasteiger charge is 2.13. The van der Waals surface area contributed by atoms with Gasteiger partial charge in [-0.3, -0.25) is 4.79 Å². The van der Waals surface area contributed by atoms with Crippen molar-refractivity contribution < 1.29 is 14.3 Å². The second-order valence-electron chi connectivity index (χ2n) is 3.64. The largest absolute Gasteiger partial charge is 0.454 e. The van der Waals surface area contributed by atoms with Gasteiger partial charge in [0.15, 0.2) is 11.5 Å². The molecule has 2 rings (SSSR count). The number of hydrogen-bond acceptors (Lipinski definition) is 4. The van der Waals surface area contributed by atoms with E-state index in [1.165, 1.54) is 6.08 Å². The molecule has 0 unspecified atom stereocenters. The maximum absolute atomic E-state index is 11.6. The Kier molecular flexibility index (Phi) is 3.49. The number of fused-ring (bicyclic) bond motifs is 1. The van der Waals surface area contributed by atoms with E-state index in [1.807, 2.05) is 6.07 Å². The molecule has 0 fully saturated rings. The SMILES string of the molecule is CCNC(=O)/C(C#N)=C/c1ccc2c(c1)OCO2. The Morgan fingerprint density at radius 1 is 1.50 bits per heavy atom. The molecule has 1 aromatic carbocycles. The summed E-state index contributed by atoms with van der Waals surface area (Å²) in [5, 5.41) is 11.5. The summed E-state index contributed by atoms with van der Waals surface area (Å²) in [6, 6.07) is 7.13. The number of nitriles is 1. The summed E-state index contributed by atoms with van der Waals surface area (Å²) < 4.78 is 10.4. The molecule has 18 heavy (non-hydrogen) atoms. The van der Waals surface area contributed by atoms with E-state index in [0.717, 1.165) is 5.56 Å². The molecular formula is C13H12N2O3. The van der Waals surface area contributed by atoms with Crippen LogP contribution in [0.25, 0.3) is 6.08 Å². The van der Waals surface area contributed by atoms with Gasteiger partial charge in [-0.1, -0.05) is 6.07 Å². The number of nitrogens with one attached hydrogen (secondary N) is 1. The lowest BCUT2D eigenvalue weighted by molar-refractivity contribution is -0.116. The molecule has 1 heterocycles. The first-order valence-corrected chi connectivity index (χ1v) is 5.54. The lowest BCUT2D eigenvalue weighted by Gasteiger charge is -2.01. The van der Waals surface area contributed by atoms with Crippen molar-refractivity contribution in [3.63, 3.8) is 0 Å². The summed E-state index contributed by atoms with van der Waals surface area (Å²) in [5.74, 6) is 0.915. The van der Waals surface area contributed by atoms with Crippen molar-refractivity contribution >= 4 is 12.0 Å². The van der Waals surface area contributed by atoms with Gasteiger partial charge in [-0.05, 0) is 30.7 Å². The van der Waals surface area contributed by atoms with Crippen LogP contribution in [-0.4, -0.2) is 19.2 Å². The number of benzene rings is 1. The van der Waals surface area contributed by atoms with Crippen LogP contribution in [0, 0.1) is 11.3 Å². The summed E-state index contributed by atoms with van der Waals surface area (Å²) in [7, 11) is 0. The minimum absolute atomic E-state index is 0.0655. The van der Waals surface area contributed by atoms with E-state index in [2.05, 4.69) is 5.32 Å². The second-order valence-corrected chi connectivity index (χ2v) is 3.64. The molecule has 0 bridgehead atoms. The summed E-state index contributed by atoms with van der Waals surface area (Å²) in [6.07, 6.45) is 1.52. The van der Waals surface area contributed by atoms with E-state index < -0.39 is 0 Å². The van der Waals surface area contributed by atoms with Gasteiger partial charge >= 0.3 is 0 Å². The summed E-state index contributed by atoms with van der Waals surface area (Å²) in [5.41, 5.74) is 0.790. The third kappa shape index (κ3) is 2.43. The molecule has 1 aliphatic heterocycles. The van der Waals surface area contributed by atoms with Crippen molar-refractivity contribution in [1.29, 1.82) is 5.26 Å². The van der Waals surface area contributed by atoms with Crippen molar-refractivity contribution in [2.45, 2.75) is 6.92 Å². The lowest BCUT2D eigenvalue weighted by atomic mass is 10.1. The van der Waals surface area contributed by atoms with E-state index in [4.69, 9.17) is 14.7 Å². The molecule has 1 aliphatic rings. The molecule has 0 aliphatic carbocycles.